The van der Waals surface area contributed by atoms with Gasteiger partial charge >= 0.3 is 0 Å². The highest BCUT2D eigenvalue weighted by molar-refractivity contribution is 8.13. The van der Waals surface area contributed by atoms with E-state index >= 15 is 0 Å². The minimum Gasteiger partial charge on any atom is -0.497 e. The number of amides is 2. The second-order valence-electron chi connectivity index (χ2n) is 5.98. The van der Waals surface area contributed by atoms with Crippen LogP contribution in [-0.4, -0.2) is 35.8 Å². The van der Waals surface area contributed by atoms with Gasteiger partial charge in [-0.05, 0) is 28.5 Å². The second kappa shape index (κ2) is 8.71. The molecule has 1 unspecified atom stereocenters. The van der Waals surface area contributed by atoms with Crippen LogP contribution < -0.4 is 15.8 Å². The first kappa shape index (κ1) is 19.8. The number of hydrogen-bond acceptors (Lipinski definition) is 5. The van der Waals surface area contributed by atoms with Crippen molar-refractivity contribution in [2.45, 2.75) is 25.8 Å². The van der Waals surface area contributed by atoms with Crippen LogP contribution in [0.5, 0.6) is 5.75 Å². The van der Waals surface area contributed by atoms with Gasteiger partial charge in [-0.15, -0.1) is 0 Å². The number of nitrogens with one attached hydrogen (secondary N) is 1. The molecule has 2 aromatic carbocycles. The fourth-order valence-electron chi connectivity index (χ4n) is 2.51. The summed E-state index contributed by atoms with van der Waals surface area (Å²) in [7, 11) is 1.62. The maximum absolute atomic E-state index is 12.5. The molecular formula is C19H22N2O4S. The number of thioether (sulfide) groups is 1. The molecule has 3 N–H and O–H groups in total. The van der Waals surface area contributed by atoms with Gasteiger partial charge in [-0.2, -0.15) is 0 Å². The van der Waals surface area contributed by atoms with Crippen LogP contribution >= 0.6 is 11.8 Å². The van der Waals surface area contributed by atoms with Crippen molar-refractivity contribution in [1.29, 1.82) is 0 Å². The normalized spacial score (nSPS) is 13.0. The maximum Gasteiger partial charge on any atom is 0.240 e. The third kappa shape index (κ3) is 4.98. The molecule has 7 heteroatoms. The average molecular weight is 374 g/mol. The lowest BCUT2D eigenvalue weighted by Gasteiger charge is -2.16. The van der Waals surface area contributed by atoms with Crippen LogP contribution in [0.25, 0.3) is 10.8 Å². The number of carbonyl (C=O) groups is 3. The number of benzene rings is 2. The lowest BCUT2D eigenvalue weighted by atomic mass is 9.99. The molecule has 0 aliphatic rings. The summed E-state index contributed by atoms with van der Waals surface area (Å²) in [6.07, 6.45) is 0. The summed E-state index contributed by atoms with van der Waals surface area (Å²) >= 11 is 0.995. The van der Waals surface area contributed by atoms with Crippen molar-refractivity contribution >= 4 is 39.5 Å². The Morgan fingerprint density at radius 1 is 1.15 bits per heavy atom. The predicted octanol–water partition coefficient (Wildman–Crippen LogP) is 2.20. The number of fused-ring (bicyclic) bond motifs is 1. The second-order valence-corrected chi connectivity index (χ2v) is 7.00. The van der Waals surface area contributed by atoms with Gasteiger partial charge in [-0.1, -0.05) is 43.0 Å². The van der Waals surface area contributed by atoms with Crippen LogP contribution in [0.2, 0.25) is 0 Å². The van der Waals surface area contributed by atoms with E-state index < -0.39 is 11.9 Å². The highest BCUT2D eigenvalue weighted by Crippen LogP contribution is 2.28. The van der Waals surface area contributed by atoms with Crippen LogP contribution in [0.4, 0.5) is 0 Å². The van der Waals surface area contributed by atoms with Crippen molar-refractivity contribution in [2.75, 3.05) is 12.9 Å². The van der Waals surface area contributed by atoms with Crippen LogP contribution in [0, 0.1) is 0 Å². The Balaban J connectivity index is 2.08. The number of carbonyl (C=O) groups excluding carboxylic acids is 3. The fraction of sp³-hybridized carbons (Fsp3) is 0.316. The molecule has 0 spiro atoms. The number of primary amides is 1. The highest BCUT2D eigenvalue weighted by atomic mass is 32.2. The van der Waals surface area contributed by atoms with Crippen molar-refractivity contribution in [3.63, 3.8) is 0 Å². The topological polar surface area (TPSA) is 98.5 Å². The molecular weight excluding hydrogens is 352 g/mol. The summed E-state index contributed by atoms with van der Waals surface area (Å²) < 4.78 is 5.21. The summed E-state index contributed by atoms with van der Waals surface area (Å²) in [6, 6.07) is 10.7. The standard InChI is InChI=1S/C19H22N2O4S/c1-11(19(24)26-10-17(18(20)23)21-12(2)22)13-4-5-15-9-16(25-3)7-6-14(15)8-13/h4-9,11,17H,10H2,1-3H3,(H2,20,23)(H,21,22)/t11?,17-/m1/s1. The van der Waals surface area contributed by atoms with E-state index in [0.717, 1.165) is 33.8 Å². The maximum atomic E-state index is 12.5. The van der Waals surface area contributed by atoms with E-state index in [1.54, 1.807) is 7.11 Å². The number of hydrogen-bond donors (Lipinski definition) is 2. The Labute approximate surface area is 156 Å². The van der Waals surface area contributed by atoms with E-state index in [-0.39, 0.29) is 22.7 Å². The molecule has 0 radical (unpaired) electrons. The average Bonchev–Trinajstić information content (AvgIpc) is 2.62. The first-order chi connectivity index (χ1) is 12.3. The molecule has 0 aliphatic carbocycles. The summed E-state index contributed by atoms with van der Waals surface area (Å²) in [5.74, 6) is -0.478. The zero-order valence-electron chi connectivity index (χ0n) is 14.9. The van der Waals surface area contributed by atoms with Crippen molar-refractivity contribution in [2.24, 2.45) is 5.73 Å². The van der Waals surface area contributed by atoms with Crippen molar-refractivity contribution in [1.82, 2.24) is 5.32 Å². The van der Waals surface area contributed by atoms with Gasteiger partial charge in [-0.25, -0.2) is 0 Å². The van der Waals surface area contributed by atoms with E-state index in [9.17, 15) is 14.4 Å². The van der Waals surface area contributed by atoms with Crippen molar-refractivity contribution in [3.05, 3.63) is 42.0 Å². The fourth-order valence-corrected chi connectivity index (χ4v) is 3.47. The zero-order chi connectivity index (χ0) is 19.3. The first-order valence-corrected chi connectivity index (χ1v) is 9.11. The molecule has 0 aliphatic heterocycles. The molecule has 2 amide bonds. The van der Waals surface area contributed by atoms with Crippen molar-refractivity contribution < 1.29 is 19.1 Å². The van der Waals surface area contributed by atoms with Gasteiger partial charge in [0.1, 0.15) is 11.8 Å². The zero-order valence-corrected chi connectivity index (χ0v) is 15.8. The molecule has 138 valence electrons. The third-order valence-corrected chi connectivity index (χ3v) is 5.18. The molecule has 2 atom stereocenters. The Bertz CT molecular complexity index is 837. The molecule has 2 aromatic rings. The third-order valence-electron chi connectivity index (χ3n) is 4.04. The molecule has 26 heavy (non-hydrogen) atoms. The molecule has 2 rings (SSSR count). The Hall–Kier alpha value is -2.54. The van der Waals surface area contributed by atoms with E-state index in [0.29, 0.717) is 0 Å². The van der Waals surface area contributed by atoms with Crippen LogP contribution in [0.3, 0.4) is 0 Å². The number of methoxy groups -OCH3 is 1. The minimum absolute atomic E-state index is 0.0885. The number of nitrogens with two attached hydrogens (primary N) is 1. The van der Waals surface area contributed by atoms with E-state index in [1.807, 2.05) is 43.3 Å². The summed E-state index contributed by atoms with van der Waals surface area (Å²) in [4.78, 5) is 34.9. The van der Waals surface area contributed by atoms with Crippen LogP contribution in [0.1, 0.15) is 25.3 Å². The molecule has 6 nitrogen and oxygen atoms in total. The largest absolute Gasteiger partial charge is 0.497 e. The van der Waals surface area contributed by atoms with Crippen LogP contribution in [0.15, 0.2) is 36.4 Å². The minimum atomic E-state index is -0.863. The predicted molar refractivity (Wildman–Crippen MR) is 103 cm³/mol. The molecule has 0 aromatic heterocycles. The Kier molecular flexibility index (Phi) is 6.63. The smallest absolute Gasteiger partial charge is 0.240 e. The van der Waals surface area contributed by atoms with E-state index in [4.69, 9.17) is 10.5 Å². The molecule has 0 bridgehead atoms. The van der Waals surface area contributed by atoms with Crippen LogP contribution in [-0.2, 0) is 14.4 Å². The first-order valence-electron chi connectivity index (χ1n) is 8.12. The molecule has 0 saturated heterocycles. The quantitative estimate of drug-likeness (QED) is 0.774. The van der Waals surface area contributed by atoms with E-state index in [2.05, 4.69) is 5.32 Å². The molecule has 0 saturated carbocycles. The summed E-state index contributed by atoms with van der Waals surface area (Å²) in [6.45, 7) is 3.12. The summed E-state index contributed by atoms with van der Waals surface area (Å²) in [5, 5.41) is 4.40. The lowest BCUT2D eigenvalue weighted by Crippen LogP contribution is -2.45. The Morgan fingerprint density at radius 3 is 2.42 bits per heavy atom. The van der Waals surface area contributed by atoms with Gasteiger partial charge in [0.05, 0.1) is 13.0 Å². The van der Waals surface area contributed by atoms with E-state index in [1.165, 1.54) is 6.92 Å². The van der Waals surface area contributed by atoms with Gasteiger partial charge in [0.2, 0.25) is 11.8 Å². The Morgan fingerprint density at radius 2 is 1.81 bits per heavy atom. The van der Waals surface area contributed by atoms with Gasteiger partial charge in [0, 0.05) is 12.7 Å². The number of ether oxygens (including phenoxy) is 1. The lowest BCUT2D eigenvalue weighted by molar-refractivity contribution is -0.125. The molecule has 0 heterocycles. The monoisotopic (exact) mass is 374 g/mol. The van der Waals surface area contributed by atoms with Crippen molar-refractivity contribution in [3.8, 4) is 5.75 Å². The number of rotatable bonds is 7. The van der Waals surface area contributed by atoms with Gasteiger partial charge in [0.15, 0.2) is 5.12 Å². The summed E-state index contributed by atoms with van der Waals surface area (Å²) in [5.41, 5.74) is 6.14. The van der Waals surface area contributed by atoms with Gasteiger partial charge in [0.25, 0.3) is 0 Å². The SMILES string of the molecule is COc1ccc2cc(C(C)C(=O)SC[C@@H](NC(C)=O)C(N)=O)ccc2c1. The molecule has 0 fully saturated rings. The van der Waals surface area contributed by atoms with Gasteiger partial charge in [-0.3, -0.25) is 14.4 Å². The highest BCUT2D eigenvalue weighted by Gasteiger charge is 2.22. The van der Waals surface area contributed by atoms with Gasteiger partial charge < -0.3 is 15.8 Å².